The van der Waals surface area contributed by atoms with Crippen molar-refractivity contribution in [2.75, 3.05) is 0 Å². The summed E-state index contributed by atoms with van der Waals surface area (Å²) < 4.78 is 0. The van der Waals surface area contributed by atoms with E-state index in [1.165, 1.54) is 19.3 Å². The van der Waals surface area contributed by atoms with E-state index in [1.54, 1.807) is 0 Å². The van der Waals surface area contributed by atoms with Gasteiger partial charge in [0.1, 0.15) is 0 Å². The maximum absolute atomic E-state index is 3.93. The molecule has 0 radical (unpaired) electrons. The van der Waals surface area contributed by atoms with Gasteiger partial charge in [-0.15, -0.1) is 0 Å². The second kappa shape index (κ2) is 7.31. The van der Waals surface area contributed by atoms with E-state index in [4.69, 9.17) is 0 Å². The SMILES string of the molecule is [CH2-]CCC(C)CC(C)C(CC)C(C)C. The summed E-state index contributed by atoms with van der Waals surface area (Å²) in [7, 11) is 0. The Morgan fingerprint density at radius 3 is 2.00 bits per heavy atom. The molecule has 0 aromatic rings. The molecule has 0 spiro atoms. The van der Waals surface area contributed by atoms with E-state index in [0.717, 1.165) is 30.1 Å². The van der Waals surface area contributed by atoms with Crippen LogP contribution in [0.5, 0.6) is 0 Å². The summed E-state index contributed by atoms with van der Waals surface area (Å²) in [6.45, 7) is 15.8. The van der Waals surface area contributed by atoms with Crippen LogP contribution >= 0.6 is 0 Å². The molecule has 0 N–H and O–H groups in total. The molecule has 0 aromatic heterocycles. The smallest absolute Gasteiger partial charge is 0.0368 e. The molecule has 3 unspecified atom stereocenters. The van der Waals surface area contributed by atoms with Crippen molar-refractivity contribution in [1.82, 2.24) is 0 Å². The highest BCUT2D eigenvalue weighted by atomic mass is 14.3. The van der Waals surface area contributed by atoms with Crippen LogP contribution in [0.4, 0.5) is 0 Å². The number of hydrogen-bond donors (Lipinski definition) is 0. The zero-order valence-electron chi connectivity index (χ0n) is 10.8. The van der Waals surface area contributed by atoms with Gasteiger partial charge in [-0.25, -0.2) is 0 Å². The highest BCUT2D eigenvalue weighted by Crippen LogP contribution is 2.30. The summed E-state index contributed by atoms with van der Waals surface area (Å²) in [5.41, 5.74) is 0. The van der Waals surface area contributed by atoms with E-state index < -0.39 is 0 Å². The van der Waals surface area contributed by atoms with Crippen LogP contribution in [0.15, 0.2) is 0 Å². The second-order valence-electron chi connectivity index (χ2n) is 5.28. The third-order valence-corrected chi connectivity index (χ3v) is 3.53. The predicted octanol–water partition coefficient (Wildman–Crippen LogP) is 4.95. The van der Waals surface area contributed by atoms with Crippen LogP contribution in [0.1, 0.15) is 60.3 Å². The van der Waals surface area contributed by atoms with E-state index in [-0.39, 0.29) is 0 Å². The van der Waals surface area contributed by atoms with Crippen molar-refractivity contribution in [1.29, 1.82) is 0 Å². The molecular weight excluding hydrogens is 168 g/mol. The monoisotopic (exact) mass is 197 g/mol. The van der Waals surface area contributed by atoms with Crippen molar-refractivity contribution >= 4 is 0 Å². The maximum atomic E-state index is 3.93. The highest BCUT2D eigenvalue weighted by molar-refractivity contribution is 4.70. The summed E-state index contributed by atoms with van der Waals surface area (Å²) in [6.07, 6.45) is 5.09. The van der Waals surface area contributed by atoms with E-state index in [0.29, 0.717) is 0 Å². The fourth-order valence-corrected chi connectivity index (χ4v) is 2.81. The molecule has 0 aliphatic carbocycles. The van der Waals surface area contributed by atoms with Gasteiger partial charge in [0, 0.05) is 0 Å². The Balaban J connectivity index is 3.96. The molecule has 0 rings (SSSR count). The Labute approximate surface area is 91.5 Å². The molecule has 0 heteroatoms. The van der Waals surface area contributed by atoms with Crippen molar-refractivity contribution in [2.24, 2.45) is 23.7 Å². The van der Waals surface area contributed by atoms with E-state index in [1.807, 2.05) is 0 Å². The summed E-state index contributed by atoms with van der Waals surface area (Å²) in [5, 5.41) is 0. The quantitative estimate of drug-likeness (QED) is 0.507. The Morgan fingerprint density at radius 1 is 1.07 bits per heavy atom. The average Bonchev–Trinajstić information content (AvgIpc) is 2.04. The molecule has 0 saturated heterocycles. The largest absolute Gasteiger partial charge is 0.343 e. The zero-order valence-corrected chi connectivity index (χ0v) is 10.8. The Morgan fingerprint density at radius 2 is 1.64 bits per heavy atom. The van der Waals surface area contributed by atoms with Crippen LogP contribution < -0.4 is 0 Å². The molecule has 14 heavy (non-hydrogen) atoms. The van der Waals surface area contributed by atoms with Crippen molar-refractivity contribution in [3.63, 3.8) is 0 Å². The molecule has 0 fully saturated rings. The van der Waals surface area contributed by atoms with Gasteiger partial charge in [0.2, 0.25) is 0 Å². The van der Waals surface area contributed by atoms with Crippen molar-refractivity contribution in [3.05, 3.63) is 6.92 Å². The van der Waals surface area contributed by atoms with Crippen LogP contribution in [-0.4, -0.2) is 0 Å². The first-order chi connectivity index (χ1) is 6.52. The third kappa shape index (κ3) is 5.02. The average molecular weight is 197 g/mol. The van der Waals surface area contributed by atoms with Gasteiger partial charge >= 0.3 is 0 Å². The van der Waals surface area contributed by atoms with E-state index in [2.05, 4.69) is 41.5 Å². The minimum absolute atomic E-state index is 0.835. The lowest BCUT2D eigenvalue weighted by Crippen LogP contribution is -2.19. The first kappa shape index (κ1) is 14.0. The molecule has 0 heterocycles. The molecule has 0 aromatic carbocycles. The molecule has 0 aliphatic heterocycles. The molecule has 0 aliphatic rings. The zero-order chi connectivity index (χ0) is 11.1. The fraction of sp³-hybridized carbons (Fsp3) is 0.929. The first-order valence-electron chi connectivity index (χ1n) is 6.32. The Bertz CT molecular complexity index is 126. The van der Waals surface area contributed by atoms with Crippen LogP contribution in [0, 0.1) is 30.6 Å². The molecule has 0 saturated carbocycles. The van der Waals surface area contributed by atoms with Gasteiger partial charge in [-0.05, 0) is 30.1 Å². The van der Waals surface area contributed by atoms with Gasteiger partial charge in [-0.1, -0.05) is 47.5 Å². The lowest BCUT2D eigenvalue weighted by Gasteiger charge is -2.28. The topological polar surface area (TPSA) is 0 Å². The molecular formula is C14H29-. The fourth-order valence-electron chi connectivity index (χ4n) is 2.81. The van der Waals surface area contributed by atoms with E-state index >= 15 is 0 Å². The molecule has 0 amide bonds. The minimum Gasteiger partial charge on any atom is -0.343 e. The normalized spacial score (nSPS) is 18.2. The standard InChI is InChI=1S/C14H29/c1-7-9-12(5)10-13(6)14(8-2)11(3)4/h11-14H,1,7-10H2,2-6H3/q-1. The summed E-state index contributed by atoms with van der Waals surface area (Å²) in [6, 6.07) is 0. The maximum Gasteiger partial charge on any atom is -0.0368 e. The van der Waals surface area contributed by atoms with Gasteiger partial charge in [-0.3, -0.25) is 0 Å². The van der Waals surface area contributed by atoms with E-state index in [9.17, 15) is 0 Å². The highest BCUT2D eigenvalue weighted by Gasteiger charge is 2.20. The third-order valence-electron chi connectivity index (χ3n) is 3.53. The van der Waals surface area contributed by atoms with Gasteiger partial charge in [0.25, 0.3) is 0 Å². The van der Waals surface area contributed by atoms with Crippen LogP contribution in [-0.2, 0) is 0 Å². The lowest BCUT2D eigenvalue weighted by atomic mass is 9.78. The van der Waals surface area contributed by atoms with Crippen LogP contribution in [0.25, 0.3) is 0 Å². The van der Waals surface area contributed by atoms with Crippen molar-refractivity contribution in [2.45, 2.75) is 60.3 Å². The molecule has 0 nitrogen and oxygen atoms in total. The first-order valence-corrected chi connectivity index (χ1v) is 6.32. The minimum atomic E-state index is 0.835. The number of hydrogen-bond acceptors (Lipinski definition) is 0. The Kier molecular flexibility index (Phi) is 7.31. The van der Waals surface area contributed by atoms with Gasteiger partial charge in [0.15, 0.2) is 0 Å². The summed E-state index contributed by atoms with van der Waals surface area (Å²) in [4.78, 5) is 0. The second-order valence-corrected chi connectivity index (χ2v) is 5.28. The summed E-state index contributed by atoms with van der Waals surface area (Å²) in [5.74, 6) is 3.47. The van der Waals surface area contributed by atoms with Gasteiger partial charge in [-0.2, -0.15) is 6.42 Å². The lowest BCUT2D eigenvalue weighted by molar-refractivity contribution is 0.222. The predicted molar refractivity (Wildman–Crippen MR) is 66.2 cm³/mol. The van der Waals surface area contributed by atoms with Gasteiger partial charge < -0.3 is 6.92 Å². The van der Waals surface area contributed by atoms with Crippen molar-refractivity contribution < 1.29 is 0 Å². The molecule has 86 valence electrons. The Hall–Kier alpha value is 0. The van der Waals surface area contributed by atoms with Crippen molar-refractivity contribution in [3.8, 4) is 0 Å². The van der Waals surface area contributed by atoms with Crippen LogP contribution in [0.3, 0.4) is 0 Å². The van der Waals surface area contributed by atoms with Gasteiger partial charge in [0.05, 0.1) is 0 Å². The molecule has 3 atom stereocenters. The molecule has 0 bridgehead atoms. The van der Waals surface area contributed by atoms with Crippen LogP contribution in [0.2, 0.25) is 0 Å². The summed E-state index contributed by atoms with van der Waals surface area (Å²) >= 11 is 0. The number of rotatable bonds is 7.